The highest BCUT2D eigenvalue weighted by molar-refractivity contribution is 7.15. The number of thiophene rings is 1. The van der Waals surface area contributed by atoms with E-state index in [1.807, 2.05) is 36.4 Å². The van der Waals surface area contributed by atoms with Gasteiger partial charge in [0.2, 0.25) is 5.91 Å². The summed E-state index contributed by atoms with van der Waals surface area (Å²) in [4.78, 5) is 15.8. The maximum atomic E-state index is 13.1. The smallest absolute Gasteiger partial charge is 0.251 e. The number of benzene rings is 1. The van der Waals surface area contributed by atoms with Gasteiger partial charge < -0.3 is 4.90 Å². The molecule has 1 aliphatic rings. The normalized spacial score (nSPS) is 17.3. The molecule has 0 spiro atoms. The summed E-state index contributed by atoms with van der Waals surface area (Å²) in [7, 11) is 0. The fourth-order valence-electron chi connectivity index (χ4n) is 2.59. The van der Waals surface area contributed by atoms with Crippen LogP contribution in [0.1, 0.15) is 17.7 Å². The molecule has 1 fully saturated rings. The van der Waals surface area contributed by atoms with Gasteiger partial charge in [-0.2, -0.15) is 0 Å². The summed E-state index contributed by atoms with van der Waals surface area (Å²) in [6.07, 6.45) is -0.206. The van der Waals surface area contributed by atoms with Crippen LogP contribution in [0.4, 0.5) is 8.78 Å². The van der Waals surface area contributed by atoms with Gasteiger partial charge >= 0.3 is 0 Å². The molecule has 1 aromatic heterocycles. The van der Waals surface area contributed by atoms with Crippen LogP contribution in [0.3, 0.4) is 0 Å². The third-order valence-electron chi connectivity index (χ3n) is 3.96. The van der Waals surface area contributed by atoms with E-state index in [4.69, 9.17) is 11.6 Å². The first-order valence-electron chi connectivity index (χ1n) is 7.43. The summed E-state index contributed by atoms with van der Waals surface area (Å²) in [5.74, 6) is -2.70. The van der Waals surface area contributed by atoms with Gasteiger partial charge in [0.1, 0.15) is 0 Å². The fraction of sp³-hybridized carbons (Fsp3) is 0.353. The molecule has 2 heterocycles. The van der Waals surface area contributed by atoms with Crippen LogP contribution in [0, 0.1) is 0 Å². The van der Waals surface area contributed by atoms with Crippen molar-refractivity contribution in [2.45, 2.75) is 25.2 Å². The maximum absolute atomic E-state index is 13.1. The van der Waals surface area contributed by atoms with Crippen molar-refractivity contribution >= 4 is 28.8 Å². The molecule has 0 aliphatic carbocycles. The first-order valence-corrected chi connectivity index (χ1v) is 8.63. The molecule has 0 radical (unpaired) electrons. The zero-order chi connectivity index (χ0) is 16.4. The highest BCUT2D eigenvalue weighted by Crippen LogP contribution is 2.31. The standard InChI is InChI=1S/C17H16ClF2NOS/c18-13-3-1-12(2-4-13)15-6-5-14(23-15)11-16(22)21-9-7-17(19,20)8-10-21/h1-6H,7-11H2. The number of carbonyl (C=O) groups is 1. The molecule has 3 rings (SSSR count). The molecular formula is C17H16ClF2NOS. The number of hydrogen-bond donors (Lipinski definition) is 0. The van der Waals surface area contributed by atoms with Crippen molar-refractivity contribution in [2.24, 2.45) is 0 Å². The zero-order valence-corrected chi connectivity index (χ0v) is 14.0. The molecule has 23 heavy (non-hydrogen) atoms. The Morgan fingerprint density at radius 1 is 1.13 bits per heavy atom. The lowest BCUT2D eigenvalue weighted by molar-refractivity contribution is -0.136. The lowest BCUT2D eigenvalue weighted by Gasteiger charge is -2.31. The topological polar surface area (TPSA) is 20.3 Å². The van der Waals surface area contributed by atoms with Crippen LogP contribution in [-0.4, -0.2) is 29.8 Å². The van der Waals surface area contributed by atoms with Crippen LogP contribution in [0.25, 0.3) is 10.4 Å². The number of hydrogen-bond acceptors (Lipinski definition) is 2. The van der Waals surface area contributed by atoms with Crippen LogP contribution in [0.2, 0.25) is 5.02 Å². The molecule has 122 valence electrons. The summed E-state index contributed by atoms with van der Waals surface area (Å²) in [6, 6.07) is 11.4. The summed E-state index contributed by atoms with van der Waals surface area (Å²) in [6.45, 7) is 0.280. The van der Waals surface area contributed by atoms with Crippen LogP contribution in [0.15, 0.2) is 36.4 Å². The molecule has 2 aromatic rings. The Bertz CT molecular complexity index is 689. The molecule has 2 nitrogen and oxygen atoms in total. The summed E-state index contributed by atoms with van der Waals surface area (Å²) in [5, 5.41) is 0.683. The molecule has 1 amide bonds. The molecule has 6 heteroatoms. The Balaban J connectivity index is 1.63. The molecule has 0 bridgehead atoms. The van der Waals surface area contributed by atoms with Crippen molar-refractivity contribution in [2.75, 3.05) is 13.1 Å². The second-order valence-electron chi connectivity index (χ2n) is 5.69. The van der Waals surface area contributed by atoms with E-state index in [2.05, 4.69) is 0 Å². The number of carbonyl (C=O) groups excluding carboxylic acids is 1. The van der Waals surface area contributed by atoms with Crippen LogP contribution >= 0.6 is 22.9 Å². The summed E-state index contributed by atoms with van der Waals surface area (Å²) < 4.78 is 26.3. The van der Waals surface area contributed by atoms with Gasteiger partial charge in [0, 0.05) is 40.7 Å². The van der Waals surface area contributed by atoms with Gasteiger partial charge in [0.25, 0.3) is 5.92 Å². The van der Waals surface area contributed by atoms with Gasteiger partial charge in [0.05, 0.1) is 6.42 Å². The van der Waals surface area contributed by atoms with Gasteiger partial charge in [-0.25, -0.2) is 8.78 Å². The molecule has 1 aromatic carbocycles. The van der Waals surface area contributed by atoms with E-state index in [9.17, 15) is 13.6 Å². The minimum atomic E-state index is -2.62. The van der Waals surface area contributed by atoms with Crippen LogP contribution in [-0.2, 0) is 11.2 Å². The molecular weight excluding hydrogens is 340 g/mol. The highest BCUT2D eigenvalue weighted by atomic mass is 35.5. The highest BCUT2D eigenvalue weighted by Gasteiger charge is 2.35. The Morgan fingerprint density at radius 2 is 1.78 bits per heavy atom. The van der Waals surface area contributed by atoms with E-state index in [0.717, 1.165) is 15.3 Å². The van der Waals surface area contributed by atoms with E-state index >= 15 is 0 Å². The minimum absolute atomic E-state index is 0.0787. The average Bonchev–Trinajstić information content (AvgIpc) is 2.96. The molecule has 0 saturated carbocycles. The second-order valence-corrected chi connectivity index (χ2v) is 7.29. The third kappa shape index (κ3) is 4.09. The van der Waals surface area contributed by atoms with Crippen molar-refractivity contribution in [1.29, 1.82) is 0 Å². The molecule has 1 aliphatic heterocycles. The lowest BCUT2D eigenvalue weighted by Crippen LogP contribution is -2.43. The lowest BCUT2D eigenvalue weighted by atomic mass is 10.1. The van der Waals surface area contributed by atoms with Crippen LogP contribution in [0.5, 0.6) is 0 Å². The summed E-state index contributed by atoms with van der Waals surface area (Å²) >= 11 is 7.42. The minimum Gasteiger partial charge on any atom is -0.342 e. The van der Waals surface area contributed by atoms with Crippen molar-refractivity contribution in [3.63, 3.8) is 0 Å². The average molecular weight is 356 g/mol. The Morgan fingerprint density at radius 3 is 2.43 bits per heavy atom. The van der Waals surface area contributed by atoms with Gasteiger partial charge in [-0.3, -0.25) is 4.79 Å². The summed E-state index contributed by atoms with van der Waals surface area (Å²) in [5.41, 5.74) is 1.05. The predicted octanol–water partition coefficient (Wildman–Crippen LogP) is 4.87. The molecule has 0 atom stereocenters. The van der Waals surface area contributed by atoms with E-state index < -0.39 is 5.92 Å². The van der Waals surface area contributed by atoms with E-state index in [-0.39, 0.29) is 38.3 Å². The van der Waals surface area contributed by atoms with Crippen LogP contribution < -0.4 is 0 Å². The molecule has 0 N–H and O–H groups in total. The van der Waals surface area contributed by atoms with Crippen molar-refractivity contribution in [1.82, 2.24) is 4.90 Å². The van der Waals surface area contributed by atoms with Gasteiger partial charge in [-0.15, -0.1) is 11.3 Å². The van der Waals surface area contributed by atoms with Gasteiger partial charge in [0.15, 0.2) is 0 Å². The number of halogens is 3. The maximum Gasteiger partial charge on any atom is 0.251 e. The number of nitrogens with zero attached hydrogens (tertiary/aromatic N) is 1. The number of rotatable bonds is 3. The number of amides is 1. The quantitative estimate of drug-likeness (QED) is 0.769. The van der Waals surface area contributed by atoms with Crippen molar-refractivity contribution in [3.05, 3.63) is 46.3 Å². The zero-order valence-electron chi connectivity index (χ0n) is 12.4. The van der Waals surface area contributed by atoms with Crippen molar-refractivity contribution in [3.8, 4) is 10.4 Å². The Labute approximate surface area is 142 Å². The monoisotopic (exact) mass is 355 g/mol. The SMILES string of the molecule is O=C(Cc1ccc(-c2ccc(Cl)cc2)s1)N1CCC(F)(F)CC1. The Hall–Kier alpha value is -1.46. The Kier molecular flexibility index (Phi) is 4.69. The number of alkyl halides is 2. The van der Waals surface area contributed by atoms with E-state index in [0.29, 0.717) is 5.02 Å². The number of likely N-dealkylation sites (tertiary alicyclic amines) is 1. The van der Waals surface area contributed by atoms with Crippen molar-refractivity contribution < 1.29 is 13.6 Å². The van der Waals surface area contributed by atoms with E-state index in [1.165, 1.54) is 0 Å². The number of piperidine rings is 1. The van der Waals surface area contributed by atoms with Gasteiger partial charge in [-0.1, -0.05) is 23.7 Å². The first-order chi connectivity index (χ1) is 10.9. The predicted molar refractivity (Wildman–Crippen MR) is 89.2 cm³/mol. The second kappa shape index (κ2) is 6.57. The van der Waals surface area contributed by atoms with E-state index in [1.54, 1.807) is 16.2 Å². The fourth-order valence-corrected chi connectivity index (χ4v) is 3.72. The first kappa shape index (κ1) is 16.4. The third-order valence-corrected chi connectivity index (χ3v) is 5.35. The molecule has 0 unspecified atom stereocenters. The largest absolute Gasteiger partial charge is 0.342 e. The van der Waals surface area contributed by atoms with Gasteiger partial charge in [-0.05, 0) is 29.8 Å². The molecule has 1 saturated heterocycles.